The lowest BCUT2D eigenvalue weighted by Crippen LogP contribution is -2.12. The molecule has 0 aliphatic rings. The van der Waals surface area contributed by atoms with Crippen molar-refractivity contribution in [2.75, 3.05) is 17.3 Å². The maximum atomic E-state index is 12.6. The van der Waals surface area contributed by atoms with Crippen LogP contribution < -0.4 is 5.32 Å². The van der Waals surface area contributed by atoms with Crippen LogP contribution in [0.3, 0.4) is 0 Å². The molecule has 0 bridgehead atoms. The maximum absolute atomic E-state index is 12.6. The largest absolute Gasteiger partial charge is 0.322 e. The number of anilines is 1. The summed E-state index contributed by atoms with van der Waals surface area (Å²) >= 11 is 1.83. The summed E-state index contributed by atoms with van der Waals surface area (Å²) in [5.74, 6) is 0.959. The molecule has 3 rings (SSSR count). The third-order valence-electron chi connectivity index (χ3n) is 3.97. The monoisotopic (exact) mass is 351 g/mol. The second-order valence-corrected chi connectivity index (χ2v) is 6.79. The standard InChI is InChI=1S/C20H21N3OS/c1-15-19(14-23(22-15)18-6-4-3-5-7-18)20(24)21-17-10-8-16(9-11-17)12-13-25-2/h3-11,14H,12-13H2,1-2H3,(H,21,24). The van der Waals surface area contributed by atoms with Crippen molar-refractivity contribution in [3.05, 3.63) is 77.6 Å². The Bertz CT molecular complexity index is 841. The van der Waals surface area contributed by atoms with Gasteiger partial charge in [-0.3, -0.25) is 4.79 Å². The van der Waals surface area contributed by atoms with Crippen molar-refractivity contribution >= 4 is 23.4 Å². The number of nitrogens with zero attached hydrogens (tertiary/aromatic N) is 2. The lowest BCUT2D eigenvalue weighted by molar-refractivity contribution is 0.102. The molecule has 4 nitrogen and oxygen atoms in total. The van der Waals surface area contributed by atoms with Crippen molar-refractivity contribution in [2.45, 2.75) is 13.3 Å². The highest BCUT2D eigenvalue weighted by atomic mass is 32.2. The highest BCUT2D eigenvalue weighted by molar-refractivity contribution is 7.98. The summed E-state index contributed by atoms with van der Waals surface area (Å²) in [6.45, 7) is 1.85. The van der Waals surface area contributed by atoms with Gasteiger partial charge in [0.15, 0.2) is 0 Å². The van der Waals surface area contributed by atoms with Gasteiger partial charge in [0.1, 0.15) is 0 Å². The second-order valence-electron chi connectivity index (χ2n) is 5.80. The van der Waals surface area contributed by atoms with E-state index in [9.17, 15) is 4.79 Å². The Hall–Kier alpha value is -2.53. The van der Waals surface area contributed by atoms with Gasteiger partial charge in [-0.05, 0) is 55.2 Å². The van der Waals surface area contributed by atoms with Crippen molar-refractivity contribution in [1.82, 2.24) is 9.78 Å². The quantitative estimate of drug-likeness (QED) is 0.719. The molecule has 0 aliphatic heterocycles. The molecule has 0 saturated carbocycles. The van der Waals surface area contributed by atoms with E-state index in [1.165, 1.54) is 5.56 Å². The SMILES string of the molecule is CSCCc1ccc(NC(=O)c2cn(-c3ccccc3)nc2C)cc1. The van der Waals surface area contributed by atoms with Crippen LogP contribution in [0.1, 0.15) is 21.6 Å². The van der Waals surface area contributed by atoms with Crippen molar-refractivity contribution in [1.29, 1.82) is 0 Å². The minimum atomic E-state index is -0.142. The smallest absolute Gasteiger partial charge is 0.259 e. The van der Waals surface area contributed by atoms with Crippen LogP contribution in [0.2, 0.25) is 0 Å². The predicted molar refractivity (Wildman–Crippen MR) is 105 cm³/mol. The molecule has 1 aromatic heterocycles. The Morgan fingerprint density at radius 2 is 1.84 bits per heavy atom. The predicted octanol–water partition coefficient (Wildman–Crippen LogP) is 4.34. The zero-order valence-electron chi connectivity index (χ0n) is 14.4. The first-order valence-electron chi connectivity index (χ1n) is 8.18. The molecule has 2 aromatic carbocycles. The third-order valence-corrected chi connectivity index (χ3v) is 4.58. The summed E-state index contributed by atoms with van der Waals surface area (Å²) in [7, 11) is 0. The Morgan fingerprint density at radius 3 is 2.52 bits per heavy atom. The minimum Gasteiger partial charge on any atom is -0.322 e. The van der Waals surface area contributed by atoms with Crippen LogP contribution in [-0.4, -0.2) is 27.7 Å². The van der Waals surface area contributed by atoms with Crippen LogP contribution in [0.15, 0.2) is 60.8 Å². The van der Waals surface area contributed by atoms with Gasteiger partial charge in [-0.1, -0.05) is 30.3 Å². The molecule has 1 heterocycles. The van der Waals surface area contributed by atoms with E-state index in [4.69, 9.17) is 0 Å². The van der Waals surface area contributed by atoms with E-state index in [2.05, 4.69) is 28.8 Å². The number of amides is 1. The lowest BCUT2D eigenvalue weighted by atomic mass is 10.1. The van der Waals surface area contributed by atoms with Gasteiger partial charge in [-0.2, -0.15) is 16.9 Å². The van der Waals surface area contributed by atoms with E-state index in [1.54, 1.807) is 10.9 Å². The molecule has 0 unspecified atom stereocenters. The van der Waals surface area contributed by atoms with Gasteiger partial charge in [0.2, 0.25) is 0 Å². The van der Waals surface area contributed by atoms with Gasteiger partial charge >= 0.3 is 0 Å². The fraction of sp³-hybridized carbons (Fsp3) is 0.200. The highest BCUT2D eigenvalue weighted by Gasteiger charge is 2.14. The van der Waals surface area contributed by atoms with Crippen molar-refractivity contribution in [2.24, 2.45) is 0 Å². The number of hydrogen-bond acceptors (Lipinski definition) is 3. The van der Waals surface area contributed by atoms with E-state index < -0.39 is 0 Å². The number of rotatable bonds is 6. The molecule has 0 saturated heterocycles. The number of aryl methyl sites for hydroxylation is 2. The Morgan fingerprint density at radius 1 is 1.12 bits per heavy atom. The number of aromatic nitrogens is 2. The van der Waals surface area contributed by atoms with E-state index in [0.29, 0.717) is 11.3 Å². The summed E-state index contributed by atoms with van der Waals surface area (Å²) in [4.78, 5) is 12.6. The van der Waals surface area contributed by atoms with Crippen LogP contribution in [0.5, 0.6) is 0 Å². The fourth-order valence-electron chi connectivity index (χ4n) is 2.57. The summed E-state index contributed by atoms with van der Waals surface area (Å²) in [5, 5.41) is 7.39. The molecular weight excluding hydrogens is 330 g/mol. The first-order chi connectivity index (χ1) is 12.2. The van der Waals surface area contributed by atoms with Gasteiger partial charge in [-0.15, -0.1) is 0 Å². The first kappa shape index (κ1) is 17.3. The summed E-state index contributed by atoms with van der Waals surface area (Å²) in [6.07, 6.45) is 4.91. The molecule has 0 radical (unpaired) electrons. The van der Waals surface area contributed by atoms with Gasteiger partial charge in [0.05, 0.1) is 16.9 Å². The van der Waals surface area contributed by atoms with E-state index >= 15 is 0 Å². The van der Waals surface area contributed by atoms with Crippen LogP contribution in [-0.2, 0) is 6.42 Å². The Balaban J connectivity index is 1.72. The molecule has 0 aliphatic carbocycles. The summed E-state index contributed by atoms with van der Waals surface area (Å²) in [6, 6.07) is 17.8. The molecular formula is C20H21N3OS. The molecule has 128 valence electrons. The van der Waals surface area contributed by atoms with Crippen molar-refractivity contribution < 1.29 is 4.79 Å². The number of carbonyl (C=O) groups is 1. The van der Waals surface area contributed by atoms with E-state index in [-0.39, 0.29) is 5.91 Å². The van der Waals surface area contributed by atoms with Crippen molar-refractivity contribution in [3.63, 3.8) is 0 Å². The van der Waals surface area contributed by atoms with E-state index in [0.717, 1.165) is 23.5 Å². The lowest BCUT2D eigenvalue weighted by Gasteiger charge is -2.06. The summed E-state index contributed by atoms with van der Waals surface area (Å²) in [5.41, 5.74) is 4.29. The number of carbonyl (C=O) groups excluding carboxylic acids is 1. The van der Waals surface area contributed by atoms with Gasteiger partial charge < -0.3 is 5.32 Å². The number of nitrogens with one attached hydrogen (secondary N) is 1. The Labute approximate surface area is 152 Å². The Kier molecular flexibility index (Phi) is 5.56. The number of hydrogen-bond donors (Lipinski definition) is 1. The molecule has 1 N–H and O–H groups in total. The molecule has 3 aromatic rings. The highest BCUT2D eigenvalue weighted by Crippen LogP contribution is 2.16. The third kappa shape index (κ3) is 4.31. The minimum absolute atomic E-state index is 0.142. The van der Waals surface area contributed by atoms with Gasteiger partial charge in [0.25, 0.3) is 5.91 Å². The zero-order chi connectivity index (χ0) is 17.6. The molecule has 0 fully saturated rings. The normalized spacial score (nSPS) is 10.6. The van der Waals surface area contributed by atoms with Crippen molar-refractivity contribution in [3.8, 4) is 5.69 Å². The van der Waals surface area contributed by atoms with Gasteiger partial charge in [-0.25, -0.2) is 4.68 Å². The molecule has 0 spiro atoms. The number of benzene rings is 2. The fourth-order valence-corrected chi connectivity index (χ4v) is 3.01. The molecule has 5 heteroatoms. The zero-order valence-corrected chi connectivity index (χ0v) is 15.2. The number of para-hydroxylation sites is 1. The molecule has 25 heavy (non-hydrogen) atoms. The topological polar surface area (TPSA) is 46.9 Å². The average molecular weight is 351 g/mol. The summed E-state index contributed by atoms with van der Waals surface area (Å²) < 4.78 is 1.73. The van der Waals surface area contributed by atoms with Gasteiger partial charge in [0, 0.05) is 11.9 Å². The van der Waals surface area contributed by atoms with E-state index in [1.807, 2.05) is 61.2 Å². The first-order valence-corrected chi connectivity index (χ1v) is 9.57. The van der Waals surface area contributed by atoms with Crippen LogP contribution >= 0.6 is 11.8 Å². The van der Waals surface area contributed by atoms with Crippen LogP contribution in [0, 0.1) is 6.92 Å². The maximum Gasteiger partial charge on any atom is 0.259 e. The molecule has 0 atom stereocenters. The number of thioether (sulfide) groups is 1. The average Bonchev–Trinajstić information content (AvgIpc) is 3.04. The molecule has 1 amide bonds. The van der Waals surface area contributed by atoms with Crippen LogP contribution in [0.25, 0.3) is 5.69 Å². The second kappa shape index (κ2) is 8.03. The van der Waals surface area contributed by atoms with Crippen LogP contribution in [0.4, 0.5) is 5.69 Å².